The predicted octanol–water partition coefficient (Wildman–Crippen LogP) is 0.843. The van der Waals surface area contributed by atoms with Gasteiger partial charge in [0.05, 0.1) is 6.07 Å². The molecule has 1 aromatic carbocycles. The van der Waals surface area contributed by atoms with E-state index in [4.69, 9.17) is 16.1 Å². The second-order valence-corrected chi connectivity index (χ2v) is 3.41. The van der Waals surface area contributed by atoms with Gasteiger partial charge in [-0.25, -0.2) is 4.79 Å². The molecule has 0 radical (unpaired) electrons. The maximum absolute atomic E-state index is 10.6. The van der Waals surface area contributed by atoms with E-state index in [2.05, 4.69) is 0 Å². The number of anilines is 1. The monoisotopic (exact) mass is 220 g/mol. The average Bonchev–Trinajstić information content (AvgIpc) is 2.24. The summed E-state index contributed by atoms with van der Waals surface area (Å²) in [6.07, 6.45) is -0.767. The fraction of sp³-hybridized carbons (Fsp3) is 0.273. The largest absolute Gasteiger partial charge is 0.479 e. The SMILES string of the molecule is N#CCCc1cc(N)cc(C(O)C(=O)O)c1. The molecular weight excluding hydrogens is 208 g/mol. The summed E-state index contributed by atoms with van der Waals surface area (Å²) in [6, 6.07) is 6.61. The van der Waals surface area contributed by atoms with Gasteiger partial charge in [-0.05, 0) is 29.7 Å². The Labute approximate surface area is 92.7 Å². The Kier molecular flexibility index (Phi) is 3.86. The van der Waals surface area contributed by atoms with Crippen molar-refractivity contribution in [3.63, 3.8) is 0 Å². The Morgan fingerprint density at radius 3 is 2.75 bits per heavy atom. The van der Waals surface area contributed by atoms with Gasteiger partial charge >= 0.3 is 5.97 Å². The topological polar surface area (TPSA) is 107 Å². The molecule has 0 aliphatic carbocycles. The molecule has 0 aliphatic heterocycles. The van der Waals surface area contributed by atoms with E-state index < -0.39 is 12.1 Å². The van der Waals surface area contributed by atoms with Gasteiger partial charge in [-0.2, -0.15) is 5.26 Å². The number of aliphatic hydroxyl groups excluding tert-OH is 1. The molecule has 84 valence electrons. The lowest BCUT2D eigenvalue weighted by molar-refractivity contribution is -0.146. The molecule has 1 unspecified atom stereocenters. The molecule has 0 aliphatic rings. The Balaban J connectivity index is 2.98. The summed E-state index contributed by atoms with van der Waals surface area (Å²) in [4.78, 5) is 10.6. The average molecular weight is 220 g/mol. The van der Waals surface area contributed by atoms with Crippen molar-refractivity contribution in [2.24, 2.45) is 0 Å². The molecule has 0 aromatic heterocycles. The van der Waals surface area contributed by atoms with Gasteiger partial charge in [-0.1, -0.05) is 6.07 Å². The normalized spacial score (nSPS) is 11.8. The third kappa shape index (κ3) is 2.97. The number of benzene rings is 1. The molecule has 0 amide bonds. The van der Waals surface area contributed by atoms with E-state index in [-0.39, 0.29) is 5.56 Å². The molecule has 16 heavy (non-hydrogen) atoms. The molecule has 1 atom stereocenters. The van der Waals surface area contributed by atoms with Crippen LogP contribution < -0.4 is 5.73 Å². The minimum atomic E-state index is -1.58. The van der Waals surface area contributed by atoms with Gasteiger partial charge in [0.15, 0.2) is 6.10 Å². The van der Waals surface area contributed by atoms with E-state index in [1.54, 1.807) is 12.1 Å². The number of hydrogen-bond acceptors (Lipinski definition) is 4. The number of aliphatic carboxylic acids is 1. The van der Waals surface area contributed by atoms with Crippen molar-refractivity contribution >= 4 is 11.7 Å². The first kappa shape index (κ1) is 12.0. The number of carboxylic acids is 1. The van der Waals surface area contributed by atoms with Gasteiger partial charge < -0.3 is 15.9 Å². The third-order valence-electron chi connectivity index (χ3n) is 2.11. The first-order valence-corrected chi connectivity index (χ1v) is 4.71. The van der Waals surface area contributed by atoms with Crippen molar-refractivity contribution in [3.05, 3.63) is 29.3 Å². The van der Waals surface area contributed by atoms with Crippen LogP contribution in [-0.4, -0.2) is 16.2 Å². The first-order valence-electron chi connectivity index (χ1n) is 4.71. The summed E-state index contributed by atoms with van der Waals surface area (Å²) >= 11 is 0. The van der Waals surface area contributed by atoms with E-state index in [1.807, 2.05) is 6.07 Å². The van der Waals surface area contributed by atoms with Crippen LogP contribution in [0.5, 0.6) is 0 Å². The van der Waals surface area contributed by atoms with Crippen LogP contribution in [0.15, 0.2) is 18.2 Å². The predicted molar refractivity (Wildman–Crippen MR) is 57.4 cm³/mol. The zero-order chi connectivity index (χ0) is 12.1. The minimum absolute atomic E-state index is 0.237. The second kappa shape index (κ2) is 5.14. The Hall–Kier alpha value is -2.06. The van der Waals surface area contributed by atoms with Crippen LogP contribution in [0.4, 0.5) is 5.69 Å². The Morgan fingerprint density at radius 2 is 2.19 bits per heavy atom. The summed E-state index contributed by atoms with van der Waals surface area (Å²) in [5.41, 5.74) is 6.95. The maximum atomic E-state index is 10.6. The zero-order valence-corrected chi connectivity index (χ0v) is 8.55. The fourth-order valence-electron chi connectivity index (χ4n) is 1.39. The summed E-state index contributed by atoms with van der Waals surface area (Å²) in [7, 11) is 0. The van der Waals surface area contributed by atoms with Crippen LogP contribution in [0.25, 0.3) is 0 Å². The summed E-state index contributed by atoms with van der Waals surface area (Å²) in [5.74, 6) is -1.32. The number of nitriles is 1. The number of nitrogens with two attached hydrogens (primary N) is 1. The minimum Gasteiger partial charge on any atom is -0.479 e. The molecular formula is C11H12N2O3. The van der Waals surface area contributed by atoms with Gasteiger partial charge in [0.2, 0.25) is 0 Å². The van der Waals surface area contributed by atoms with Crippen LogP contribution >= 0.6 is 0 Å². The molecule has 0 fully saturated rings. The van der Waals surface area contributed by atoms with Crippen molar-refractivity contribution in [2.75, 3.05) is 5.73 Å². The molecule has 5 heteroatoms. The highest BCUT2D eigenvalue weighted by molar-refractivity contribution is 5.74. The molecule has 0 spiro atoms. The van der Waals surface area contributed by atoms with E-state index in [9.17, 15) is 9.90 Å². The second-order valence-electron chi connectivity index (χ2n) is 3.41. The fourth-order valence-corrected chi connectivity index (χ4v) is 1.39. The number of hydrogen-bond donors (Lipinski definition) is 3. The summed E-state index contributed by atoms with van der Waals surface area (Å²) in [5, 5.41) is 26.4. The number of carboxylic acid groups (broad SMARTS) is 1. The number of aliphatic hydroxyl groups is 1. The highest BCUT2D eigenvalue weighted by Crippen LogP contribution is 2.19. The quantitative estimate of drug-likeness (QED) is 0.652. The lowest BCUT2D eigenvalue weighted by Crippen LogP contribution is -2.11. The van der Waals surface area contributed by atoms with Crippen molar-refractivity contribution in [1.29, 1.82) is 5.26 Å². The Bertz CT molecular complexity index is 437. The van der Waals surface area contributed by atoms with Crippen molar-refractivity contribution in [1.82, 2.24) is 0 Å². The van der Waals surface area contributed by atoms with Crippen LogP contribution in [0, 0.1) is 11.3 Å². The summed E-state index contributed by atoms with van der Waals surface area (Å²) < 4.78 is 0. The summed E-state index contributed by atoms with van der Waals surface area (Å²) in [6.45, 7) is 0. The maximum Gasteiger partial charge on any atom is 0.337 e. The van der Waals surface area contributed by atoms with Gasteiger partial charge in [0.1, 0.15) is 0 Å². The van der Waals surface area contributed by atoms with Gasteiger partial charge in [0.25, 0.3) is 0 Å². The highest BCUT2D eigenvalue weighted by atomic mass is 16.4. The smallest absolute Gasteiger partial charge is 0.337 e. The number of rotatable bonds is 4. The number of nitrogens with zero attached hydrogens (tertiary/aromatic N) is 1. The van der Waals surface area contributed by atoms with Crippen molar-refractivity contribution in [3.8, 4) is 6.07 Å². The molecule has 0 saturated heterocycles. The van der Waals surface area contributed by atoms with E-state index in [0.29, 0.717) is 18.5 Å². The van der Waals surface area contributed by atoms with Crippen LogP contribution in [-0.2, 0) is 11.2 Å². The number of carbonyl (C=O) groups is 1. The molecule has 1 aromatic rings. The van der Waals surface area contributed by atoms with E-state index in [1.165, 1.54) is 6.07 Å². The van der Waals surface area contributed by atoms with Gasteiger partial charge in [-0.15, -0.1) is 0 Å². The molecule has 4 N–H and O–H groups in total. The zero-order valence-electron chi connectivity index (χ0n) is 8.55. The lowest BCUT2D eigenvalue weighted by Gasteiger charge is -2.09. The highest BCUT2D eigenvalue weighted by Gasteiger charge is 2.16. The molecule has 1 rings (SSSR count). The third-order valence-corrected chi connectivity index (χ3v) is 2.11. The van der Waals surface area contributed by atoms with Gasteiger partial charge in [-0.3, -0.25) is 0 Å². The Morgan fingerprint density at radius 1 is 1.50 bits per heavy atom. The standard InChI is InChI=1S/C11H12N2O3/c12-3-1-2-7-4-8(6-9(13)5-7)10(14)11(15)16/h4-6,10,14H,1-2,13H2,(H,15,16). The van der Waals surface area contributed by atoms with Crippen molar-refractivity contribution in [2.45, 2.75) is 18.9 Å². The van der Waals surface area contributed by atoms with Gasteiger partial charge in [0, 0.05) is 12.1 Å². The number of nitrogen functional groups attached to an aromatic ring is 1. The molecule has 5 nitrogen and oxygen atoms in total. The molecule has 0 saturated carbocycles. The van der Waals surface area contributed by atoms with Crippen molar-refractivity contribution < 1.29 is 15.0 Å². The van der Waals surface area contributed by atoms with Crippen LogP contribution in [0.3, 0.4) is 0 Å². The molecule has 0 bridgehead atoms. The van der Waals surface area contributed by atoms with E-state index in [0.717, 1.165) is 5.56 Å². The van der Waals surface area contributed by atoms with Crippen LogP contribution in [0.1, 0.15) is 23.7 Å². The van der Waals surface area contributed by atoms with Crippen LogP contribution in [0.2, 0.25) is 0 Å². The molecule has 0 heterocycles. The lowest BCUT2D eigenvalue weighted by atomic mass is 10.0. The first-order chi connectivity index (χ1) is 7.54. The van der Waals surface area contributed by atoms with E-state index >= 15 is 0 Å². The number of aryl methyl sites for hydroxylation is 1.